The van der Waals surface area contributed by atoms with E-state index in [1.54, 1.807) is 0 Å². The van der Waals surface area contributed by atoms with Crippen LogP contribution >= 0.6 is 11.6 Å². The summed E-state index contributed by atoms with van der Waals surface area (Å²) in [7, 11) is 0. The van der Waals surface area contributed by atoms with Crippen molar-refractivity contribution in [2.45, 2.75) is 24.6 Å². The summed E-state index contributed by atoms with van der Waals surface area (Å²) in [5.74, 6) is -0.113. The first-order chi connectivity index (χ1) is 4.29. The SMILES string of the molecule is O=C1CC[C@@H](Cl)CCO1. The summed E-state index contributed by atoms with van der Waals surface area (Å²) < 4.78 is 4.75. The van der Waals surface area contributed by atoms with Gasteiger partial charge in [-0.15, -0.1) is 11.6 Å². The van der Waals surface area contributed by atoms with Crippen LogP contribution in [0.3, 0.4) is 0 Å². The lowest BCUT2D eigenvalue weighted by atomic mass is 10.2. The number of cyclic esters (lactones) is 1. The first kappa shape index (κ1) is 6.87. The van der Waals surface area contributed by atoms with Crippen LogP contribution in [0.25, 0.3) is 0 Å². The number of alkyl halides is 1. The van der Waals surface area contributed by atoms with Crippen molar-refractivity contribution in [3.8, 4) is 0 Å². The third-order valence-electron chi connectivity index (χ3n) is 1.36. The number of esters is 1. The predicted molar refractivity (Wildman–Crippen MR) is 34.5 cm³/mol. The molecular formula is C6H9ClO2. The van der Waals surface area contributed by atoms with Gasteiger partial charge in [0.25, 0.3) is 0 Å². The van der Waals surface area contributed by atoms with E-state index in [1.807, 2.05) is 0 Å². The highest BCUT2D eigenvalue weighted by molar-refractivity contribution is 6.20. The van der Waals surface area contributed by atoms with Crippen molar-refractivity contribution in [2.75, 3.05) is 6.61 Å². The van der Waals surface area contributed by atoms with E-state index in [9.17, 15) is 4.79 Å². The number of ether oxygens (including phenoxy) is 1. The zero-order chi connectivity index (χ0) is 6.69. The van der Waals surface area contributed by atoms with E-state index < -0.39 is 0 Å². The number of carbonyl (C=O) groups is 1. The summed E-state index contributed by atoms with van der Waals surface area (Å²) in [5, 5.41) is 0.136. The van der Waals surface area contributed by atoms with Gasteiger partial charge in [0, 0.05) is 11.8 Å². The smallest absolute Gasteiger partial charge is 0.305 e. The molecule has 2 nitrogen and oxygen atoms in total. The maximum atomic E-state index is 10.5. The number of hydrogen-bond acceptors (Lipinski definition) is 2. The van der Waals surface area contributed by atoms with Gasteiger partial charge in [-0.1, -0.05) is 0 Å². The molecule has 0 aromatic carbocycles. The summed E-state index contributed by atoms with van der Waals surface area (Å²) in [6.45, 7) is 0.493. The number of carbonyl (C=O) groups excluding carboxylic acids is 1. The van der Waals surface area contributed by atoms with Gasteiger partial charge in [-0.05, 0) is 12.8 Å². The van der Waals surface area contributed by atoms with Gasteiger partial charge in [-0.3, -0.25) is 4.79 Å². The highest BCUT2D eigenvalue weighted by Crippen LogP contribution is 2.14. The zero-order valence-corrected chi connectivity index (χ0v) is 5.86. The minimum atomic E-state index is -0.113. The molecule has 0 amide bonds. The fraction of sp³-hybridized carbons (Fsp3) is 0.833. The Bertz CT molecular complexity index is 114. The molecule has 0 saturated carbocycles. The highest BCUT2D eigenvalue weighted by Gasteiger charge is 2.13. The van der Waals surface area contributed by atoms with Crippen molar-refractivity contribution in [1.29, 1.82) is 0 Å². The Hall–Kier alpha value is -0.240. The van der Waals surface area contributed by atoms with Crippen LogP contribution in [0.15, 0.2) is 0 Å². The molecule has 0 bridgehead atoms. The topological polar surface area (TPSA) is 26.3 Å². The number of hydrogen-bond donors (Lipinski definition) is 0. The third-order valence-corrected chi connectivity index (χ3v) is 1.79. The largest absolute Gasteiger partial charge is 0.466 e. The fourth-order valence-corrected chi connectivity index (χ4v) is 0.990. The average molecular weight is 149 g/mol. The molecule has 0 radical (unpaired) electrons. The lowest BCUT2D eigenvalue weighted by molar-refractivity contribution is -0.142. The Labute approximate surface area is 59.1 Å². The normalized spacial score (nSPS) is 29.0. The molecule has 1 saturated heterocycles. The van der Waals surface area contributed by atoms with Crippen LogP contribution in [0.4, 0.5) is 0 Å². The van der Waals surface area contributed by atoms with Gasteiger partial charge in [0.05, 0.1) is 6.61 Å². The van der Waals surface area contributed by atoms with Crippen molar-refractivity contribution in [2.24, 2.45) is 0 Å². The minimum absolute atomic E-state index is 0.113. The van der Waals surface area contributed by atoms with E-state index >= 15 is 0 Å². The lowest BCUT2D eigenvalue weighted by Crippen LogP contribution is -2.00. The second-order valence-corrected chi connectivity index (χ2v) is 2.76. The van der Waals surface area contributed by atoms with E-state index in [-0.39, 0.29) is 11.3 Å². The Kier molecular flexibility index (Phi) is 2.34. The maximum Gasteiger partial charge on any atom is 0.305 e. The maximum absolute atomic E-state index is 10.5. The molecular weight excluding hydrogens is 140 g/mol. The van der Waals surface area contributed by atoms with Gasteiger partial charge < -0.3 is 4.74 Å². The van der Waals surface area contributed by atoms with Gasteiger partial charge in [0.1, 0.15) is 0 Å². The summed E-state index contributed by atoms with van der Waals surface area (Å²) in [4.78, 5) is 10.5. The molecule has 0 N–H and O–H groups in total. The van der Waals surface area contributed by atoms with Gasteiger partial charge in [-0.2, -0.15) is 0 Å². The van der Waals surface area contributed by atoms with Crippen molar-refractivity contribution in [3.05, 3.63) is 0 Å². The number of halogens is 1. The van der Waals surface area contributed by atoms with Crippen LogP contribution < -0.4 is 0 Å². The van der Waals surface area contributed by atoms with Crippen molar-refractivity contribution in [1.82, 2.24) is 0 Å². The van der Waals surface area contributed by atoms with Gasteiger partial charge >= 0.3 is 5.97 Å². The molecule has 9 heavy (non-hydrogen) atoms. The van der Waals surface area contributed by atoms with E-state index in [0.29, 0.717) is 13.0 Å². The van der Waals surface area contributed by atoms with Crippen LogP contribution in [0.2, 0.25) is 0 Å². The van der Waals surface area contributed by atoms with Crippen LogP contribution in [0, 0.1) is 0 Å². The molecule has 1 atom stereocenters. The predicted octanol–water partition coefficient (Wildman–Crippen LogP) is 1.32. The first-order valence-corrected chi connectivity index (χ1v) is 3.52. The van der Waals surface area contributed by atoms with E-state index in [4.69, 9.17) is 16.3 Å². The Morgan fingerprint density at radius 1 is 1.56 bits per heavy atom. The third kappa shape index (κ3) is 2.22. The van der Waals surface area contributed by atoms with Crippen LogP contribution in [0.5, 0.6) is 0 Å². The molecule has 1 aliphatic rings. The van der Waals surface area contributed by atoms with Gasteiger partial charge in [0.15, 0.2) is 0 Å². The van der Waals surface area contributed by atoms with Crippen LogP contribution in [-0.4, -0.2) is 18.0 Å². The molecule has 3 heteroatoms. The zero-order valence-electron chi connectivity index (χ0n) is 5.10. The van der Waals surface area contributed by atoms with E-state index in [2.05, 4.69) is 0 Å². The Balaban J connectivity index is 2.34. The summed E-state index contributed by atoms with van der Waals surface area (Å²) in [5.41, 5.74) is 0. The fourth-order valence-electron chi connectivity index (χ4n) is 0.792. The Morgan fingerprint density at radius 3 is 3.11 bits per heavy atom. The quantitative estimate of drug-likeness (QED) is 0.383. The van der Waals surface area contributed by atoms with Crippen molar-refractivity contribution >= 4 is 17.6 Å². The molecule has 0 unspecified atom stereocenters. The second kappa shape index (κ2) is 3.06. The summed E-state index contributed by atoms with van der Waals surface area (Å²) in [6, 6.07) is 0. The Morgan fingerprint density at radius 2 is 2.33 bits per heavy atom. The molecule has 1 fully saturated rings. The first-order valence-electron chi connectivity index (χ1n) is 3.09. The van der Waals surface area contributed by atoms with Crippen molar-refractivity contribution < 1.29 is 9.53 Å². The minimum Gasteiger partial charge on any atom is -0.466 e. The second-order valence-electron chi connectivity index (χ2n) is 2.15. The van der Waals surface area contributed by atoms with Gasteiger partial charge in [-0.25, -0.2) is 0 Å². The molecule has 1 rings (SSSR count). The molecule has 1 heterocycles. The monoisotopic (exact) mass is 148 g/mol. The molecule has 0 aromatic heterocycles. The highest BCUT2D eigenvalue weighted by atomic mass is 35.5. The average Bonchev–Trinajstić information content (AvgIpc) is 1.97. The lowest BCUT2D eigenvalue weighted by Gasteiger charge is -1.98. The summed E-state index contributed by atoms with van der Waals surface area (Å²) in [6.07, 6.45) is 2.04. The van der Waals surface area contributed by atoms with Crippen molar-refractivity contribution in [3.63, 3.8) is 0 Å². The molecule has 0 aliphatic carbocycles. The molecule has 0 spiro atoms. The van der Waals surface area contributed by atoms with Crippen LogP contribution in [-0.2, 0) is 9.53 Å². The van der Waals surface area contributed by atoms with Crippen LogP contribution in [0.1, 0.15) is 19.3 Å². The number of rotatable bonds is 0. The van der Waals surface area contributed by atoms with E-state index in [0.717, 1.165) is 12.8 Å². The summed E-state index contributed by atoms with van der Waals surface area (Å²) >= 11 is 5.75. The van der Waals surface area contributed by atoms with Gasteiger partial charge in [0.2, 0.25) is 0 Å². The molecule has 52 valence electrons. The molecule has 1 aliphatic heterocycles. The standard InChI is InChI=1S/C6H9ClO2/c7-5-1-2-6(8)9-4-3-5/h5H,1-4H2/t5-/m1/s1. The van der Waals surface area contributed by atoms with E-state index in [1.165, 1.54) is 0 Å². The molecule has 0 aromatic rings.